The van der Waals surface area contributed by atoms with E-state index in [1.165, 1.54) is 0 Å². The topological polar surface area (TPSA) is 48.4 Å². The summed E-state index contributed by atoms with van der Waals surface area (Å²) >= 11 is 3.24. The zero-order valence-corrected chi connectivity index (χ0v) is 10.7. The van der Waals surface area contributed by atoms with E-state index in [0.29, 0.717) is 17.7 Å². The third kappa shape index (κ3) is 4.28. The Balaban J connectivity index is 2.33. The first-order valence-corrected chi connectivity index (χ1v) is 5.90. The summed E-state index contributed by atoms with van der Waals surface area (Å²) in [6.07, 6.45) is 2.51. The SMILES string of the molecule is CCCOCCOC(=O)c1ncccc1Br. The minimum Gasteiger partial charge on any atom is -0.458 e. The van der Waals surface area contributed by atoms with Crippen LogP contribution < -0.4 is 0 Å². The van der Waals surface area contributed by atoms with Crippen LogP contribution in [0.25, 0.3) is 0 Å². The van der Waals surface area contributed by atoms with Gasteiger partial charge in [-0.15, -0.1) is 0 Å². The van der Waals surface area contributed by atoms with Crippen LogP contribution in [0.4, 0.5) is 0 Å². The van der Waals surface area contributed by atoms with E-state index in [1.807, 2.05) is 6.92 Å². The second-order valence-corrected chi connectivity index (χ2v) is 3.94. The maximum atomic E-state index is 11.5. The number of hydrogen-bond donors (Lipinski definition) is 0. The average Bonchev–Trinajstić information content (AvgIpc) is 2.29. The molecule has 0 spiro atoms. The maximum absolute atomic E-state index is 11.5. The molecule has 88 valence electrons. The molecule has 1 heterocycles. The Morgan fingerprint density at radius 2 is 2.25 bits per heavy atom. The minimum absolute atomic E-state index is 0.252. The van der Waals surface area contributed by atoms with Gasteiger partial charge in [-0.05, 0) is 34.5 Å². The molecule has 0 atom stereocenters. The van der Waals surface area contributed by atoms with E-state index < -0.39 is 5.97 Å². The van der Waals surface area contributed by atoms with Gasteiger partial charge in [0.25, 0.3) is 0 Å². The summed E-state index contributed by atoms with van der Waals surface area (Å²) in [6, 6.07) is 3.49. The molecule has 0 radical (unpaired) electrons. The third-order valence-corrected chi connectivity index (χ3v) is 2.40. The van der Waals surface area contributed by atoms with Crippen LogP contribution in [-0.2, 0) is 9.47 Å². The molecular formula is C11H14BrNO3. The van der Waals surface area contributed by atoms with Crippen molar-refractivity contribution in [2.75, 3.05) is 19.8 Å². The van der Waals surface area contributed by atoms with Crippen LogP contribution in [0.15, 0.2) is 22.8 Å². The number of pyridine rings is 1. The van der Waals surface area contributed by atoms with Crippen LogP contribution >= 0.6 is 15.9 Å². The number of aromatic nitrogens is 1. The number of carbonyl (C=O) groups is 1. The van der Waals surface area contributed by atoms with Crippen LogP contribution in [-0.4, -0.2) is 30.8 Å². The molecule has 0 N–H and O–H groups in total. The van der Waals surface area contributed by atoms with Gasteiger partial charge in [0, 0.05) is 12.8 Å². The molecule has 0 saturated carbocycles. The first-order chi connectivity index (χ1) is 7.75. The summed E-state index contributed by atoms with van der Waals surface area (Å²) in [7, 11) is 0. The third-order valence-electron chi connectivity index (χ3n) is 1.76. The van der Waals surface area contributed by atoms with Crippen molar-refractivity contribution in [2.24, 2.45) is 0 Å². The van der Waals surface area contributed by atoms with Gasteiger partial charge in [0.05, 0.1) is 11.1 Å². The normalized spacial score (nSPS) is 10.1. The van der Waals surface area contributed by atoms with Crippen LogP contribution in [0.1, 0.15) is 23.8 Å². The monoisotopic (exact) mass is 287 g/mol. The fourth-order valence-corrected chi connectivity index (χ4v) is 1.46. The van der Waals surface area contributed by atoms with Gasteiger partial charge in [-0.2, -0.15) is 0 Å². The van der Waals surface area contributed by atoms with Crippen molar-refractivity contribution in [3.8, 4) is 0 Å². The van der Waals surface area contributed by atoms with Crippen molar-refractivity contribution < 1.29 is 14.3 Å². The molecule has 0 aromatic carbocycles. The van der Waals surface area contributed by atoms with E-state index in [4.69, 9.17) is 9.47 Å². The lowest BCUT2D eigenvalue weighted by atomic mass is 10.3. The van der Waals surface area contributed by atoms with Crippen LogP contribution in [0, 0.1) is 0 Å². The van der Waals surface area contributed by atoms with Gasteiger partial charge in [0.15, 0.2) is 5.69 Å². The zero-order chi connectivity index (χ0) is 11.8. The largest absolute Gasteiger partial charge is 0.458 e. The lowest BCUT2D eigenvalue weighted by molar-refractivity contribution is 0.0312. The summed E-state index contributed by atoms with van der Waals surface area (Å²) in [5, 5.41) is 0. The molecule has 1 rings (SSSR count). The molecular weight excluding hydrogens is 274 g/mol. The van der Waals surface area contributed by atoms with Crippen molar-refractivity contribution in [1.82, 2.24) is 4.98 Å². The predicted octanol–water partition coefficient (Wildman–Crippen LogP) is 2.43. The fourth-order valence-electron chi connectivity index (χ4n) is 1.04. The van der Waals surface area contributed by atoms with Crippen LogP contribution in [0.2, 0.25) is 0 Å². The van der Waals surface area contributed by atoms with Gasteiger partial charge >= 0.3 is 5.97 Å². The molecule has 5 heteroatoms. The molecule has 0 aliphatic heterocycles. The van der Waals surface area contributed by atoms with E-state index in [2.05, 4.69) is 20.9 Å². The lowest BCUT2D eigenvalue weighted by Crippen LogP contribution is -2.12. The minimum atomic E-state index is -0.437. The lowest BCUT2D eigenvalue weighted by Gasteiger charge is -2.05. The standard InChI is InChI=1S/C11H14BrNO3/c1-2-6-15-7-8-16-11(14)10-9(12)4-3-5-13-10/h3-5H,2,6-8H2,1H3. The molecule has 16 heavy (non-hydrogen) atoms. The Morgan fingerprint density at radius 3 is 2.94 bits per heavy atom. The highest BCUT2D eigenvalue weighted by Gasteiger charge is 2.11. The second kappa shape index (κ2) is 7.35. The van der Waals surface area contributed by atoms with Gasteiger partial charge in [0.1, 0.15) is 6.61 Å². The predicted molar refractivity (Wildman–Crippen MR) is 63.3 cm³/mol. The Labute approximate surface area is 103 Å². The van der Waals surface area contributed by atoms with E-state index in [1.54, 1.807) is 18.3 Å². The Morgan fingerprint density at radius 1 is 1.44 bits per heavy atom. The summed E-state index contributed by atoms with van der Waals surface area (Å²) in [4.78, 5) is 15.5. The molecule has 1 aromatic rings. The van der Waals surface area contributed by atoms with Gasteiger partial charge < -0.3 is 9.47 Å². The molecule has 0 unspecified atom stereocenters. The van der Waals surface area contributed by atoms with Crippen molar-refractivity contribution >= 4 is 21.9 Å². The number of halogens is 1. The number of carbonyl (C=O) groups excluding carboxylic acids is 1. The van der Waals surface area contributed by atoms with Crippen LogP contribution in [0.3, 0.4) is 0 Å². The molecule has 0 bridgehead atoms. The van der Waals surface area contributed by atoms with Crippen LogP contribution in [0.5, 0.6) is 0 Å². The van der Waals surface area contributed by atoms with Crippen molar-refractivity contribution in [3.63, 3.8) is 0 Å². The summed E-state index contributed by atoms with van der Waals surface area (Å²) in [6.45, 7) is 3.38. The van der Waals surface area contributed by atoms with Crippen molar-refractivity contribution in [2.45, 2.75) is 13.3 Å². The molecule has 0 fully saturated rings. The highest BCUT2D eigenvalue weighted by Crippen LogP contribution is 2.13. The summed E-state index contributed by atoms with van der Waals surface area (Å²) < 4.78 is 10.8. The Bertz CT molecular complexity index is 344. The first-order valence-electron chi connectivity index (χ1n) is 5.11. The Hall–Kier alpha value is -0.940. The highest BCUT2D eigenvalue weighted by atomic mass is 79.9. The number of rotatable bonds is 6. The molecule has 1 aromatic heterocycles. The number of ether oxygens (including phenoxy) is 2. The van der Waals surface area contributed by atoms with Gasteiger partial charge in [-0.3, -0.25) is 0 Å². The van der Waals surface area contributed by atoms with Crippen molar-refractivity contribution in [3.05, 3.63) is 28.5 Å². The van der Waals surface area contributed by atoms with E-state index in [-0.39, 0.29) is 12.3 Å². The number of nitrogens with zero attached hydrogens (tertiary/aromatic N) is 1. The quantitative estimate of drug-likeness (QED) is 0.596. The molecule has 0 aliphatic carbocycles. The highest BCUT2D eigenvalue weighted by molar-refractivity contribution is 9.10. The number of hydrogen-bond acceptors (Lipinski definition) is 4. The van der Waals surface area contributed by atoms with E-state index in [0.717, 1.165) is 6.42 Å². The molecule has 4 nitrogen and oxygen atoms in total. The van der Waals surface area contributed by atoms with Gasteiger partial charge in [-0.25, -0.2) is 9.78 Å². The first kappa shape index (κ1) is 13.1. The number of esters is 1. The smallest absolute Gasteiger partial charge is 0.358 e. The zero-order valence-electron chi connectivity index (χ0n) is 9.11. The fraction of sp³-hybridized carbons (Fsp3) is 0.455. The molecule has 0 saturated heterocycles. The maximum Gasteiger partial charge on any atom is 0.358 e. The van der Waals surface area contributed by atoms with Gasteiger partial charge in [-0.1, -0.05) is 6.92 Å². The van der Waals surface area contributed by atoms with Crippen molar-refractivity contribution in [1.29, 1.82) is 0 Å². The van der Waals surface area contributed by atoms with Gasteiger partial charge in [0.2, 0.25) is 0 Å². The second-order valence-electron chi connectivity index (χ2n) is 3.08. The van der Waals surface area contributed by atoms with E-state index >= 15 is 0 Å². The van der Waals surface area contributed by atoms with E-state index in [9.17, 15) is 4.79 Å². The molecule has 0 amide bonds. The summed E-state index contributed by atoms with van der Waals surface area (Å²) in [5.74, 6) is -0.437. The molecule has 0 aliphatic rings. The average molecular weight is 288 g/mol. The Kier molecular flexibility index (Phi) is 6.03. The summed E-state index contributed by atoms with van der Waals surface area (Å²) in [5.41, 5.74) is 0.290.